The molecule has 0 amide bonds. The molecule has 5 aliphatic heterocycles. The van der Waals surface area contributed by atoms with Crippen molar-refractivity contribution in [3.63, 3.8) is 0 Å². The number of aliphatic hydroxyl groups excluding tert-OH is 17. The normalized spacial score (nSPS) is 53.2. The van der Waals surface area contributed by atoms with Crippen LogP contribution in [-0.4, -0.2) is 273 Å². The molecule has 25 atom stereocenters. The van der Waals surface area contributed by atoms with Crippen molar-refractivity contribution in [1.82, 2.24) is 0 Å². The van der Waals surface area contributed by atoms with Gasteiger partial charge in [0.05, 0.1) is 33.0 Å². The molecule has 0 aromatic carbocycles. The minimum atomic E-state index is -2.18. The van der Waals surface area contributed by atoms with Crippen LogP contribution < -0.4 is 0 Å². The quantitative estimate of drug-likeness (QED) is 0.0819. The van der Waals surface area contributed by atoms with Gasteiger partial charge in [-0.25, -0.2) is 0 Å². The van der Waals surface area contributed by atoms with Crippen LogP contribution in [0.5, 0.6) is 0 Å². The van der Waals surface area contributed by atoms with E-state index in [9.17, 15) is 86.8 Å². The van der Waals surface area contributed by atoms with Crippen molar-refractivity contribution in [3.8, 4) is 0 Å². The van der Waals surface area contributed by atoms with Crippen molar-refractivity contribution in [1.29, 1.82) is 0 Å². The Kier molecular flexibility index (Phi) is 16.1. The summed E-state index contributed by atoms with van der Waals surface area (Å²) in [6, 6.07) is 0. The Morgan fingerprint density at radius 2 is 0.518 bits per heavy atom. The van der Waals surface area contributed by atoms with Crippen molar-refractivity contribution in [3.05, 3.63) is 0 Å². The lowest BCUT2D eigenvalue weighted by Crippen LogP contribution is -2.68. The average molecular weight is 829 g/mol. The molecule has 0 aliphatic carbocycles. The fourth-order valence-corrected chi connectivity index (χ4v) is 7.01. The van der Waals surface area contributed by atoms with Gasteiger partial charge >= 0.3 is 0 Å². The van der Waals surface area contributed by atoms with Gasteiger partial charge in [-0.3, -0.25) is 0 Å². The fraction of sp³-hybridized carbons (Fsp3) is 1.00. The number of hydrogen-bond donors (Lipinski definition) is 17. The van der Waals surface area contributed by atoms with E-state index in [0.717, 1.165) is 0 Å². The van der Waals surface area contributed by atoms with Gasteiger partial charge in [-0.05, 0) is 0 Å². The topological polar surface area (TPSA) is 427 Å². The largest absolute Gasteiger partial charge is 0.394 e. The fourth-order valence-electron chi connectivity index (χ4n) is 7.01. The van der Waals surface area contributed by atoms with E-state index < -0.39 is 187 Å². The minimum absolute atomic E-state index is 0.837. The van der Waals surface area contributed by atoms with E-state index in [2.05, 4.69) is 0 Å². The Labute approximate surface area is 316 Å². The van der Waals surface area contributed by atoms with Crippen LogP contribution in [0, 0.1) is 0 Å². The van der Waals surface area contributed by atoms with Gasteiger partial charge in [0, 0.05) is 0 Å². The second-order valence-corrected chi connectivity index (χ2v) is 13.9. The smallest absolute Gasteiger partial charge is 0.187 e. The zero-order chi connectivity index (χ0) is 41.3. The van der Waals surface area contributed by atoms with Crippen LogP contribution in [0.4, 0.5) is 0 Å². The molecule has 26 nitrogen and oxygen atoms in total. The monoisotopic (exact) mass is 828 g/mol. The van der Waals surface area contributed by atoms with Crippen molar-refractivity contribution in [2.24, 2.45) is 0 Å². The van der Waals surface area contributed by atoms with Gasteiger partial charge in [0.25, 0.3) is 0 Å². The first-order valence-corrected chi connectivity index (χ1v) is 17.6. The number of rotatable bonds is 13. The van der Waals surface area contributed by atoms with E-state index >= 15 is 0 Å². The molecule has 0 saturated carbocycles. The Hall–Kier alpha value is -1.04. The molecule has 5 aliphatic rings. The summed E-state index contributed by atoms with van der Waals surface area (Å²) in [6.07, 6.45) is -47.2. The van der Waals surface area contributed by atoms with Crippen LogP contribution in [0.15, 0.2) is 0 Å². The molecule has 0 spiro atoms. The maximum atomic E-state index is 11.4. The maximum absolute atomic E-state index is 11.4. The van der Waals surface area contributed by atoms with Gasteiger partial charge < -0.3 is 129 Å². The highest BCUT2D eigenvalue weighted by atomic mass is 16.8. The molecule has 5 fully saturated rings. The number of hydrogen-bond acceptors (Lipinski definition) is 26. The average Bonchev–Trinajstić information content (AvgIpc) is 3.18. The second-order valence-electron chi connectivity index (χ2n) is 13.9. The summed E-state index contributed by atoms with van der Waals surface area (Å²) in [5.41, 5.74) is 0. The van der Waals surface area contributed by atoms with Crippen molar-refractivity contribution in [2.75, 3.05) is 33.0 Å². The van der Waals surface area contributed by atoms with Crippen LogP contribution >= 0.6 is 0 Å². The molecule has 56 heavy (non-hydrogen) atoms. The predicted molar refractivity (Wildman–Crippen MR) is 167 cm³/mol. The Morgan fingerprint density at radius 3 is 0.821 bits per heavy atom. The van der Waals surface area contributed by atoms with E-state index in [1.165, 1.54) is 0 Å². The first-order valence-electron chi connectivity index (χ1n) is 17.6. The maximum Gasteiger partial charge on any atom is 0.187 e. The van der Waals surface area contributed by atoms with E-state index in [4.69, 9.17) is 42.6 Å². The highest BCUT2D eigenvalue weighted by molar-refractivity contribution is 4.99. The van der Waals surface area contributed by atoms with Crippen LogP contribution in [0.1, 0.15) is 0 Å². The number of aliphatic hydroxyl groups is 17. The third-order valence-corrected chi connectivity index (χ3v) is 10.3. The van der Waals surface area contributed by atoms with Crippen LogP contribution in [0.25, 0.3) is 0 Å². The zero-order valence-electron chi connectivity index (χ0n) is 29.2. The lowest BCUT2D eigenvalue weighted by atomic mass is 9.95. The Morgan fingerprint density at radius 1 is 0.268 bits per heavy atom. The summed E-state index contributed by atoms with van der Waals surface area (Å²) in [6.45, 7) is -4.58. The lowest BCUT2D eigenvalue weighted by Gasteiger charge is -2.49. The summed E-state index contributed by atoms with van der Waals surface area (Å²) >= 11 is 0. The zero-order valence-corrected chi connectivity index (χ0v) is 29.2. The first-order chi connectivity index (χ1) is 26.5. The van der Waals surface area contributed by atoms with E-state index in [0.29, 0.717) is 0 Å². The molecular weight excluding hydrogens is 776 g/mol. The molecule has 26 heteroatoms. The van der Waals surface area contributed by atoms with Gasteiger partial charge in [-0.15, -0.1) is 0 Å². The van der Waals surface area contributed by atoms with Crippen molar-refractivity contribution >= 4 is 0 Å². The van der Waals surface area contributed by atoms with Crippen LogP contribution in [0.3, 0.4) is 0 Å². The summed E-state index contributed by atoms with van der Waals surface area (Å²) in [7, 11) is 0. The predicted octanol–water partition coefficient (Wildman–Crippen LogP) is -11.9. The third-order valence-electron chi connectivity index (χ3n) is 10.3. The van der Waals surface area contributed by atoms with Gasteiger partial charge in [-0.2, -0.15) is 0 Å². The second kappa shape index (κ2) is 19.6. The molecule has 17 N–H and O–H groups in total. The molecule has 5 saturated heterocycles. The van der Waals surface area contributed by atoms with E-state index in [1.807, 2.05) is 0 Å². The molecule has 328 valence electrons. The van der Waals surface area contributed by atoms with Gasteiger partial charge in [-0.1, -0.05) is 0 Å². The van der Waals surface area contributed by atoms with Crippen molar-refractivity contribution < 1.29 is 129 Å². The Bertz CT molecular complexity index is 1210. The molecule has 0 bridgehead atoms. The molecule has 5 rings (SSSR count). The Balaban J connectivity index is 1.34. The summed E-state index contributed by atoms with van der Waals surface area (Å²) in [5, 5.41) is 177. The van der Waals surface area contributed by atoms with Gasteiger partial charge in [0.1, 0.15) is 122 Å². The summed E-state index contributed by atoms with van der Waals surface area (Å²) < 4.78 is 48.9. The highest BCUT2D eigenvalue weighted by Gasteiger charge is 2.56. The van der Waals surface area contributed by atoms with E-state index in [1.54, 1.807) is 0 Å². The molecule has 0 radical (unpaired) electrons. The van der Waals surface area contributed by atoms with Gasteiger partial charge in [0.15, 0.2) is 31.5 Å². The van der Waals surface area contributed by atoms with E-state index in [-0.39, 0.29) is 0 Å². The first kappa shape index (κ1) is 46.0. The molecule has 0 aromatic rings. The number of ether oxygens (including phenoxy) is 9. The lowest BCUT2D eigenvalue weighted by molar-refractivity contribution is -0.395. The summed E-state index contributed by atoms with van der Waals surface area (Å²) in [4.78, 5) is 0. The minimum Gasteiger partial charge on any atom is -0.394 e. The molecular formula is C30H52O26. The highest BCUT2D eigenvalue weighted by Crippen LogP contribution is 2.35. The third kappa shape index (κ3) is 9.16. The van der Waals surface area contributed by atoms with Crippen LogP contribution in [-0.2, 0) is 42.6 Å². The molecule has 0 aromatic heterocycles. The van der Waals surface area contributed by atoms with Crippen LogP contribution in [0.2, 0.25) is 0 Å². The SMILES string of the molecule is OC[C@H]1O[C@H](O[C@@H]2[C@@H](O)[C@@H](O[C@@H]3[C@@H](O)[C@@H](O[C@@H]4[C@@H](O)[C@@H](O[C@H]5[C@H](O)[C@@H](CO)OC(O)[C@@H]5O)O[C@H](CO)[C@H]4O)O[C@H](CO)[C@H]3O)O[C@H](CO)[C@H]2O)[C@H](O)[C@@H](O)[C@@H]1O. The standard InChI is InChI=1S/C30H52O26/c31-1-6-11(36)16(41)17(42)27(49-6)54-23-13(38)8(3-33)51-29(19(23)44)56-25-15(40)10(5-35)52-30(21(25)46)55-24-14(39)9(4-34)50-28(20(24)45)53-22-12(37)7(2-32)48-26(47)18(22)43/h6-47H,1-5H2/t6-,7-,8-,9-,10-,11-,12-,13-,14-,15-,16+,17-,18-,19-,20-,21-,22+,23+,24+,25+,26?,27-,28-,29-,30-/m1/s1. The van der Waals surface area contributed by atoms with Gasteiger partial charge in [0.2, 0.25) is 0 Å². The summed E-state index contributed by atoms with van der Waals surface area (Å²) in [5.74, 6) is 0. The molecule has 1 unspecified atom stereocenters. The molecule has 5 heterocycles. The van der Waals surface area contributed by atoms with Crippen molar-refractivity contribution in [2.45, 2.75) is 154 Å².